The molecule has 0 spiro atoms. The molecule has 0 aromatic carbocycles. The van der Waals surface area contributed by atoms with Gasteiger partial charge in [0.1, 0.15) is 24.9 Å². The average molecular weight is 1020 g/mol. The number of ether oxygens (including phenoxy) is 4. The molecule has 2 fully saturated rings. The minimum Gasteiger partial charge on any atom is -0.443 e. The Labute approximate surface area is 419 Å². The fourth-order valence-electron chi connectivity index (χ4n) is 9.87. The molecule has 2 saturated heterocycles. The van der Waals surface area contributed by atoms with Gasteiger partial charge in [0.15, 0.2) is 40.5 Å². The van der Waals surface area contributed by atoms with Gasteiger partial charge in [-0.2, -0.15) is 0 Å². The fraction of sp³-hybridized carbons (Fsp3) is 0.846. The average Bonchev–Trinajstić information content (AvgIpc) is 3.61. The second-order valence-corrected chi connectivity index (χ2v) is 19.3. The number of hydrogen-bond donors (Lipinski definition) is 7. The van der Waals surface area contributed by atoms with Gasteiger partial charge in [-0.15, -0.1) is 0 Å². The zero-order valence-corrected chi connectivity index (χ0v) is 43.6. The van der Waals surface area contributed by atoms with Gasteiger partial charge in [-0.05, 0) is 51.4 Å². The molecule has 2 heterocycles. The van der Waals surface area contributed by atoms with Crippen molar-refractivity contribution in [1.29, 1.82) is 0 Å². The van der Waals surface area contributed by atoms with Gasteiger partial charge in [0.05, 0.1) is 6.61 Å². The van der Waals surface area contributed by atoms with Crippen molar-refractivity contribution in [1.82, 2.24) is 0 Å². The predicted molar refractivity (Wildman–Crippen MR) is 256 cm³/mol. The summed E-state index contributed by atoms with van der Waals surface area (Å²) in [7, 11) is 0. The van der Waals surface area contributed by atoms with E-state index in [-0.39, 0.29) is 103 Å². The molecule has 19 nitrogen and oxygen atoms in total. The maximum atomic E-state index is 16.4. The maximum Gasteiger partial charge on any atom is 0.307 e. The highest BCUT2D eigenvalue weighted by atomic mass is 16.8. The van der Waals surface area contributed by atoms with Crippen LogP contribution >= 0.6 is 0 Å². The van der Waals surface area contributed by atoms with Crippen molar-refractivity contribution in [2.24, 2.45) is 0 Å². The van der Waals surface area contributed by atoms with Gasteiger partial charge < -0.3 is 54.7 Å². The first-order valence-corrected chi connectivity index (χ1v) is 26.3. The molecule has 0 aromatic heterocycles. The van der Waals surface area contributed by atoms with Gasteiger partial charge in [0.2, 0.25) is 33.8 Å². The van der Waals surface area contributed by atoms with Crippen LogP contribution < -0.4 is 0 Å². The third-order valence-electron chi connectivity index (χ3n) is 14.1. The molecule has 0 radical (unpaired) electrons. The van der Waals surface area contributed by atoms with Crippen LogP contribution in [-0.2, 0) is 57.3 Å². The summed E-state index contributed by atoms with van der Waals surface area (Å²) in [6.45, 7) is 10.2. The fourth-order valence-corrected chi connectivity index (χ4v) is 9.87. The van der Waals surface area contributed by atoms with Gasteiger partial charge in [-0.1, -0.05) is 107 Å². The summed E-state index contributed by atoms with van der Waals surface area (Å²) in [5.41, 5.74) is -22.0. The standard InChI is InChI=1S/C52H86O19/c1-9-17-25-36(55)47(65,37(56)26-18-10-2)50(40(59)29-21-13-5)51(41(60)30-22-14-6,69-43(62)32-24-16-8)48(66,38(57)27-19-11-3)49(67,39(58)28-20-12-4)52(71-50,42(61)31-23-15-7)70-46(34-54)45(64)44(63)35(33-53)68-46/h35,44-45,53-54,63-67H,9-34H2,1-8H3/t35-,44-,45+,46?,48-,49-,50-,51+,52-/m1/s1. The van der Waals surface area contributed by atoms with Crippen molar-refractivity contribution in [2.75, 3.05) is 13.2 Å². The van der Waals surface area contributed by atoms with Crippen LogP contribution in [0.3, 0.4) is 0 Å². The largest absolute Gasteiger partial charge is 0.443 e. The highest BCUT2D eigenvalue weighted by Gasteiger charge is 2.96. The second-order valence-electron chi connectivity index (χ2n) is 19.3. The number of Topliss-reactive ketones (excluding diaryl/α,β-unsaturated/α-hetero) is 7. The van der Waals surface area contributed by atoms with Crippen LogP contribution in [0.1, 0.15) is 209 Å². The van der Waals surface area contributed by atoms with Gasteiger partial charge in [-0.25, -0.2) is 0 Å². The van der Waals surface area contributed by atoms with Gasteiger partial charge >= 0.3 is 5.97 Å². The number of carbonyl (C=O) groups is 8. The van der Waals surface area contributed by atoms with Crippen molar-refractivity contribution >= 4 is 46.5 Å². The molecule has 0 bridgehead atoms. The molecule has 0 aliphatic carbocycles. The van der Waals surface area contributed by atoms with Crippen LogP contribution in [0.2, 0.25) is 0 Å². The summed E-state index contributed by atoms with van der Waals surface area (Å²) in [6.07, 6.45) is -13.4. The molecular formula is C52H86O19. The van der Waals surface area contributed by atoms with Crippen LogP contribution in [0, 0.1) is 0 Å². The van der Waals surface area contributed by atoms with Crippen LogP contribution in [0.5, 0.6) is 0 Å². The molecule has 0 aromatic rings. The van der Waals surface area contributed by atoms with Gasteiger partial charge in [-0.3, -0.25) is 38.4 Å². The van der Waals surface area contributed by atoms with Crippen LogP contribution in [0.15, 0.2) is 0 Å². The topological polar surface area (TPSA) is 315 Å². The summed E-state index contributed by atoms with van der Waals surface area (Å²) in [5, 5.41) is 87.5. The van der Waals surface area contributed by atoms with E-state index in [9.17, 15) is 40.5 Å². The molecule has 2 rings (SSSR count). The molecule has 0 saturated carbocycles. The van der Waals surface area contributed by atoms with Gasteiger partial charge in [0, 0.05) is 51.4 Å². The first-order chi connectivity index (χ1) is 33.5. The first kappa shape index (κ1) is 63.9. The van der Waals surface area contributed by atoms with Crippen LogP contribution in [0.4, 0.5) is 0 Å². The Morgan fingerprint density at radius 1 is 0.521 bits per heavy atom. The number of hydrogen-bond acceptors (Lipinski definition) is 19. The highest BCUT2D eigenvalue weighted by Crippen LogP contribution is 2.64. The normalized spacial score (nSPS) is 29.7. The molecule has 7 N–H and O–H groups in total. The lowest BCUT2D eigenvalue weighted by molar-refractivity contribution is -0.466. The second kappa shape index (κ2) is 27.9. The molecule has 2 aliphatic heterocycles. The van der Waals surface area contributed by atoms with E-state index in [0.29, 0.717) is 0 Å². The van der Waals surface area contributed by atoms with Crippen molar-refractivity contribution in [3.8, 4) is 0 Å². The Balaban J connectivity index is 4.07. The van der Waals surface area contributed by atoms with E-state index < -0.39 is 169 Å². The van der Waals surface area contributed by atoms with E-state index >= 15 is 33.6 Å². The summed E-state index contributed by atoms with van der Waals surface area (Å²) >= 11 is 0. The first-order valence-electron chi connectivity index (χ1n) is 26.3. The van der Waals surface area contributed by atoms with Crippen molar-refractivity contribution < 1.29 is 93.0 Å². The van der Waals surface area contributed by atoms with E-state index in [1.54, 1.807) is 55.4 Å². The number of carbonyl (C=O) groups excluding carboxylic acids is 8. The lowest BCUT2D eigenvalue weighted by atomic mass is 9.47. The van der Waals surface area contributed by atoms with E-state index in [0.717, 1.165) is 0 Å². The molecule has 2 aliphatic rings. The minimum absolute atomic E-state index is 0.0160. The molecule has 1 unspecified atom stereocenters. The number of aliphatic hydroxyl groups is 7. The Morgan fingerprint density at radius 2 is 0.901 bits per heavy atom. The molecule has 9 atom stereocenters. The molecule has 71 heavy (non-hydrogen) atoms. The summed E-state index contributed by atoms with van der Waals surface area (Å²) < 4.78 is 25.3. The lowest BCUT2D eigenvalue weighted by Gasteiger charge is -2.68. The zero-order chi connectivity index (χ0) is 54.1. The molecular weight excluding hydrogens is 929 g/mol. The number of rotatable bonds is 37. The van der Waals surface area contributed by atoms with E-state index in [2.05, 4.69) is 0 Å². The van der Waals surface area contributed by atoms with Crippen LogP contribution in [0.25, 0.3) is 0 Å². The number of esters is 1. The summed E-state index contributed by atoms with van der Waals surface area (Å²) in [4.78, 5) is 126. The van der Waals surface area contributed by atoms with Gasteiger partial charge in [0.25, 0.3) is 5.79 Å². The smallest absolute Gasteiger partial charge is 0.307 e. The van der Waals surface area contributed by atoms with E-state index in [1.807, 2.05) is 0 Å². The maximum absolute atomic E-state index is 16.4. The third-order valence-corrected chi connectivity index (χ3v) is 14.1. The predicted octanol–water partition coefficient (Wildman–Crippen LogP) is 4.25. The molecule has 408 valence electrons. The van der Waals surface area contributed by atoms with E-state index in [4.69, 9.17) is 18.9 Å². The molecule has 0 amide bonds. The van der Waals surface area contributed by atoms with Crippen molar-refractivity contribution in [3.05, 3.63) is 0 Å². The van der Waals surface area contributed by atoms with Crippen molar-refractivity contribution in [2.45, 2.75) is 267 Å². The molecule has 19 heteroatoms. The monoisotopic (exact) mass is 1010 g/mol. The SMILES string of the molecule is CCCCC(=O)O[C@@]1(C(=O)CCCC)[C@@](O)(C(=O)CCCC)[C@](O)(C(=O)CCCC)[C@@](OC2(CO)O[C@H](CO)[C@@H](O)[C@@H]2O)(C(=O)CCCC)O[C@]1(C(=O)CCCC)C(O)(C(=O)CCCC)C(=O)CCCC. The third kappa shape index (κ3) is 11.4. The Hall–Kier alpha value is -3.24. The number of aliphatic hydroxyl groups excluding tert-OH is 4. The number of ketones is 7. The Kier molecular flexibility index (Phi) is 25.1. The van der Waals surface area contributed by atoms with Crippen molar-refractivity contribution in [3.63, 3.8) is 0 Å². The van der Waals surface area contributed by atoms with E-state index in [1.165, 1.54) is 0 Å². The minimum atomic E-state index is -4.59. The summed E-state index contributed by atoms with van der Waals surface area (Å²) in [6, 6.07) is 0. The highest BCUT2D eigenvalue weighted by molar-refractivity contribution is 6.22. The Bertz CT molecular complexity index is 1810. The zero-order valence-electron chi connectivity index (χ0n) is 43.6. The quantitative estimate of drug-likeness (QED) is 0.0338. The number of unbranched alkanes of at least 4 members (excludes halogenated alkanes) is 8. The van der Waals surface area contributed by atoms with Crippen LogP contribution in [-0.4, -0.2) is 153 Å². The Morgan fingerprint density at radius 3 is 1.31 bits per heavy atom. The lowest BCUT2D eigenvalue weighted by Crippen LogP contribution is -2.99. The summed E-state index contributed by atoms with van der Waals surface area (Å²) in [5.74, 6) is -20.8.